The fraction of sp³-hybridized carbons (Fsp3) is 0.538. The van der Waals surface area contributed by atoms with Crippen molar-refractivity contribution in [3.05, 3.63) is 33.3 Å². The van der Waals surface area contributed by atoms with Crippen LogP contribution in [-0.2, 0) is 6.54 Å². The molecule has 17 heavy (non-hydrogen) atoms. The Balaban J connectivity index is 2.36. The Morgan fingerprint density at radius 3 is 2.53 bits per heavy atom. The summed E-state index contributed by atoms with van der Waals surface area (Å²) in [6.45, 7) is 8.33. The third kappa shape index (κ3) is 5.87. The van der Waals surface area contributed by atoms with Crippen molar-refractivity contribution < 1.29 is 0 Å². The molecule has 0 aliphatic rings. The normalized spacial score (nSPS) is 13.1. The molecule has 1 unspecified atom stereocenters. The van der Waals surface area contributed by atoms with Crippen LogP contribution >= 0.6 is 27.5 Å². The summed E-state index contributed by atoms with van der Waals surface area (Å²) in [4.78, 5) is 0. The Morgan fingerprint density at radius 1 is 1.24 bits per heavy atom. The van der Waals surface area contributed by atoms with Gasteiger partial charge in [-0.15, -0.1) is 0 Å². The number of halogens is 2. The van der Waals surface area contributed by atoms with E-state index >= 15 is 0 Å². The van der Waals surface area contributed by atoms with Crippen molar-refractivity contribution in [2.24, 2.45) is 0 Å². The Hall–Kier alpha value is -0.0900. The third-order valence-electron chi connectivity index (χ3n) is 2.47. The number of benzene rings is 1. The SMILES string of the molecule is CC(C)NCC(C)NCc1ccc(Cl)c(Br)c1. The zero-order chi connectivity index (χ0) is 12.8. The molecule has 1 aromatic rings. The van der Waals surface area contributed by atoms with Gasteiger partial charge in [0.2, 0.25) is 0 Å². The van der Waals surface area contributed by atoms with E-state index in [2.05, 4.69) is 53.4 Å². The molecule has 0 heterocycles. The van der Waals surface area contributed by atoms with Gasteiger partial charge in [0.05, 0.1) is 5.02 Å². The highest BCUT2D eigenvalue weighted by atomic mass is 79.9. The third-order valence-corrected chi connectivity index (χ3v) is 3.68. The van der Waals surface area contributed by atoms with Crippen molar-refractivity contribution in [3.63, 3.8) is 0 Å². The Bertz CT molecular complexity index is 355. The van der Waals surface area contributed by atoms with Gasteiger partial charge in [-0.3, -0.25) is 0 Å². The smallest absolute Gasteiger partial charge is 0.0548 e. The molecule has 0 bridgehead atoms. The van der Waals surface area contributed by atoms with Crippen LogP contribution in [0.5, 0.6) is 0 Å². The second-order valence-electron chi connectivity index (χ2n) is 4.59. The van der Waals surface area contributed by atoms with Crippen LogP contribution in [0.3, 0.4) is 0 Å². The van der Waals surface area contributed by atoms with E-state index in [1.54, 1.807) is 0 Å². The molecule has 0 aliphatic carbocycles. The van der Waals surface area contributed by atoms with Crippen molar-refractivity contribution in [2.75, 3.05) is 6.54 Å². The first-order valence-electron chi connectivity index (χ1n) is 5.89. The predicted molar refractivity (Wildman–Crippen MR) is 78.6 cm³/mol. The van der Waals surface area contributed by atoms with Gasteiger partial charge < -0.3 is 10.6 Å². The molecular weight excluding hydrogens is 300 g/mol. The fourth-order valence-corrected chi connectivity index (χ4v) is 1.97. The Morgan fingerprint density at radius 2 is 1.94 bits per heavy atom. The lowest BCUT2D eigenvalue weighted by Crippen LogP contribution is -2.38. The topological polar surface area (TPSA) is 24.1 Å². The lowest BCUT2D eigenvalue weighted by atomic mass is 10.2. The van der Waals surface area contributed by atoms with E-state index in [9.17, 15) is 0 Å². The minimum Gasteiger partial charge on any atom is -0.313 e. The predicted octanol–water partition coefficient (Wildman–Crippen LogP) is 3.58. The molecule has 0 aromatic heterocycles. The molecule has 0 radical (unpaired) electrons. The number of hydrogen-bond acceptors (Lipinski definition) is 2. The van der Waals surface area contributed by atoms with Gasteiger partial charge >= 0.3 is 0 Å². The molecule has 2 nitrogen and oxygen atoms in total. The Kier molecular flexibility index (Phi) is 6.49. The maximum atomic E-state index is 5.95. The summed E-state index contributed by atoms with van der Waals surface area (Å²) >= 11 is 9.38. The minimum atomic E-state index is 0.451. The minimum absolute atomic E-state index is 0.451. The Labute approximate surface area is 117 Å². The highest BCUT2D eigenvalue weighted by Gasteiger charge is 2.03. The van der Waals surface area contributed by atoms with Crippen molar-refractivity contribution in [1.29, 1.82) is 0 Å². The first-order chi connectivity index (χ1) is 7.99. The summed E-state index contributed by atoms with van der Waals surface area (Å²) in [5.74, 6) is 0. The van der Waals surface area contributed by atoms with Gasteiger partial charge in [-0.25, -0.2) is 0 Å². The van der Waals surface area contributed by atoms with Gasteiger partial charge in [-0.05, 0) is 40.5 Å². The van der Waals surface area contributed by atoms with Gasteiger partial charge in [-0.1, -0.05) is 31.5 Å². The van der Waals surface area contributed by atoms with Crippen LogP contribution in [0.4, 0.5) is 0 Å². The van der Waals surface area contributed by atoms with Crippen LogP contribution in [0.15, 0.2) is 22.7 Å². The lowest BCUT2D eigenvalue weighted by molar-refractivity contribution is 0.474. The molecule has 0 amide bonds. The second-order valence-corrected chi connectivity index (χ2v) is 5.85. The molecule has 0 spiro atoms. The molecular formula is C13H20BrClN2. The first-order valence-corrected chi connectivity index (χ1v) is 7.07. The number of rotatable bonds is 6. The average molecular weight is 320 g/mol. The highest BCUT2D eigenvalue weighted by Crippen LogP contribution is 2.23. The van der Waals surface area contributed by atoms with Crippen LogP contribution in [0, 0.1) is 0 Å². The zero-order valence-electron chi connectivity index (χ0n) is 10.6. The molecule has 0 saturated heterocycles. The molecule has 0 saturated carbocycles. The largest absolute Gasteiger partial charge is 0.313 e. The summed E-state index contributed by atoms with van der Waals surface area (Å²) in [5.41, 5.74) is 1.23. The van der Waals surface area contributed by atoms with Crippen LogP contribution in [-0.4, -0.2) is 18.6 Å². The molecule has 4 heteroatoms. The monoisotopic (exact) mass is 318 g/mol. The van der Waals surface area contributed by atoms with Crippen molar-refractivity contribution in [2.45, 2.75) is 39.4 Å². The lowest BCUT2D eigenvalue weighted by Gasteiger charge is -2.16. The van der Waals surface area contributed by atoms with Crippen LogP contribution in [0.25, 0.3) is 0 Å². The van der Waals surface area contributed by atoms with Crippen LogP contribution in [0.1, 0.15) is 26.3 Å². The van der Waals surface area contributed by atoms with Gasteiger partial charge in [0.25, 0.3) is 0 Å². The van der Waals surface area contributed by atoms with Gasteiger partial charge in [0.1, 0.15) is 0 Å². The molecule has 1 rings (SSSR count). The van der Waals surface area contributed by atoms with E-state index < -0.39 is 0 Å². The van der Waals surface area contributed by atoms with Crippen molar-refractivity contribution in [1.82, 2.24) is 10.6 Å². The molecule has 96 valence electrons. The quantitative estimate of drug-likeness (QED) is 0.837. The summed E-state index contributed by atoms with van der Waals surface area (Å²) in [6, 6.07) is 7.00. The fourth-order valence-electron chi connectivity index (χ4n) is 1.43. The second kappa shape index (κ2) is 7.37. The summed E-state index contributed by atoms with van der Waals surface area (Å²) in [5, 5.41) is 7.64. The summed E-state index contributed by atoms with van der Waals surface area (Å²) < 4.78 is 0.950. The zero-order valence-corrected chi connectivity index (χ0v) is 12.9. The maximum absolute atomic E-state index is 5.95. The molecule has 2 N–H and O–H groups in total. The summed E-state index contributed by atoms with van der Waals surface area (Å²) in [7, 11) is 0. The molecule has 1 atom stereocenters. The number of nitrogens with one attached hydrogen (secondary N) is 2. The van der Waals surface area contributed by atoms with Crippen LogP contribution in [0.2, 0.25) is 5.02 Å². The first kappa shape index (κ1) is 15.0. The van der Waals surface area contributed by atoms with Crippen LogP contribution < -0.4 is 10.6 Å². The maximum Gasteiger partial charge on any atom is 0.0548 e. The van der Waals surface area contributed by atoms with Crippen molar-refractivity contribution >= 4 is 27.5 Å². The van der Waals surface area contributed by atoms with Crippen molar-refractivity contribution in [3.8, 4) is 0 Å². The van der Waals surface area contributed by atoms with E-state index in [1.165, 1.54) is 5.56 Å². The van der Waals surface area contributed by atoms with E-state index in [0.717, 1.165) is 22.6 Å². The van der Waals surface area contributed by atoms with E-state index in [1.807, 2.05) is 12.1 Å². The van der Waals surface area contributed by atoms with E-state index in [0.29, 0.717) is 12.1 Å². The average Bonchev–Trinajstić information content (AvgIpc) is 2.28. The van der Waals surface area contributed by atoms with E-state index in [4.69, 9.17) is 11.6 Å². The molecule has 0 aliphatic heterocycles. The van der Waals surface area contributed by atoms with Gasteiger partial charge in [-0.2, -0.15) is 0 Å². The standard InChI is InChI=1S/C13H20BrClN2/c1-9(2)16-7-10(3)17-8-11-4-5-13(15)12(14)6-11/h4-6,9-10,16-17H,7-8H2,1-3H3. The number of hydrogen-bond donors (Lipinski definition) is 2. The molecule has 1 aromatic carbocycles. The van der Waals surface area contributed by atoms with Gasteiger partial charge in [0, 0.05) is 29.6 Å². The molecule has 0 fully saturated rings. The summed E-state index contributed by atoms with van der Waals surface area (Å²) in [6.07, 6.45) is 0. The van der Waals surface area contributed by atoms with E-state index in [-0.39, 0.29) is 0 Å². The van der Waals surface area contributed by atoms with Gasteiger partial charge in [0.15, 0.2) is 0 Å². The highest BCUT2D eigenvalue weighted by molar-refractivity contribution is 9.10.